The predicted octanol–water partition coefficient (Wildman–Crippen LogP) is 2.08. The molecule has 0 saturated carbocycles. The first-order valence-electron chi connectivity index (χ1n) is 10.2. The number of likely N-dealkylation sites (N-methyl/N-ethyl adjacent to an activating group) is 2. The Bertz CT molecular complexity index is 615. The van der Waals surface area contributed by atoms with Crippen LogP contribution in [0.5, 0.6) is 11.5 Å². The number of nitrogens with zero attached hydrogens (tertiary/aromatic N) is 3. The molecule has 1 fully saturated rings. The van der Waals surface area contributed by atoms with Gasteiger partial charge in [-0.2, -0.15) is 0 Å². The highest BCUT2D eigenvalue weighted by Crippen LogP contribution is 2.28. The molecule has 1 heterocycles. The topological polar surface area (TPSA) is 48.4 Å². The predicted molar refractivity (Wildman–Crippen MR) is 114 cm³/mol. The number of aliphatic hydroxyl groups is 1. The van der Waals surface area contributed by atoms with Crippen molar-refractivity contribution in [3.63, 3.8) is 0 Å². The average Bonchev–Trinajstić information content (AvgIpc) is 2.66. The van der Waals surface area contributed by atoms with Crippen molar-refractivity contribution >= 4 is 0 Å². The van der Waals surface area contributed by atoms with E-state index in [-0.39, 0.29) is 6.61 Å². The Labute approximate surface area is 170 Å². The number of benzene rings is 1. The Balaban J connectivity index is 1.83. The van der Waals surface area contributed by atoms with Crippen LogP contribution in [0, 0.1) is 0 Å². The van der Waals surface area contributed by atoms with Crippen LogP contribution in [0.25, 0.3) is 0 Å². The smallest absolute Gasteiger partial charge is 0.161 e. The van der Waals surface area contributed by atoms with Gasteiger partial charge in [-0.1, -0.05) is 25.1 Å². The van der Waals surface area contributed by atoms with Crippen molar-refractivity contribution in [2.24, 2.45) is 0 Å². The number of methoxy groups -OCH3 is 1. The van der Waals surface area contributed by atoms with Gasteiger partial charge in [-0.05, 0) is 38.2 Å². The number of piperazine rings is 1. The average molecular weight is 392 g/mol. The van der Waals surface area contributed by atoms with E-state index in [1.807, 2.05) is 25.1 Å². The summed E-state index contributed by atoms with van der Waals surface area (Å²) in [5.41, 5.74) is 2.29. The Kier molecular flexibility index (Phi) is 9.25. The summed E-state index contributed by atoms with van der Waals surface area (Å²) in [6.45, 7) is 16.0. The van der Waals surface area contributed by atoms with E-state index in [2.05, 4.69) is 35.3 Å². The van der Waals surface area contributed by atoms with Crippen molar-refractivity contribution in [3.8, 4) is 11.5 Å². The number of hydrogen-bond acceptors (Lipinski definition) is 6. The Hall–Kier alpha value is -1.60. The normalized spacial score (nSPS) is 16.9. The van der Waals surface area contributed by atoms with Crippen molar-refractivity contribution < 1.29 is 14.6 Å². The van der Waals surface area contributed by atoms with E-state index in [0.29, 0.717) is 18.0 Å². The molecule has 1 aromatic rings. The fourth-order valence-electron chi connectivity index (χ4n) is 3.58. The molecule has 28 heavy (non-hydrogen) atoms. The van der Waals surface area contributed by atoms with Gasteiger partial charge >= 0.3 is 0 Å². The van der Waals surface area contributed by atoms with Gasteiger partial charge in [-0.25, -0.2) is 0 Å². The van der Waals surface area contributed by atoms with Crippen molar-refractivity contribution in [1.29, 1.82) is 0 Å². The van der Waals surface area contributed by atoms with Crippen molar-refractivity contribution in [1.82, 2.24) is 14.7 Å². The van der Waals surface area contributed by atoms with Gasteiger partial charge < -0.3 is 19.5 Å². The highest BCUT2D eigenvalue weighted by molar-refractivity contribution is 5.43. The van der Waals surface area contributed by atoms with Crippen LogP contribution >= 0.6 is 0 Å². The minimum absolute atomic E-state index is 0.263. The molecule has 158 valence electrons. The standard InChI is InChI=1S/C22H37N3O3/c1-6-24-9-11-25(12-10-24)16-20(26)17-28-21-8-7-19(13-22(21)27-5)15-23(4)14-18(2)3/h7-8,13,20,26H,2,6,9-12,14-17H2,1,3-5H3/t20-/m1/s1. The van der Waals surface area contributed by atoms with Crippen molar-refractivity contribution in [2.45, 2.75) is 26.5 Å². The molecule has 1 aromatic carbocycles. The lowest BCUT2D eigenvalue weighted by molar-refractivity contribution is 0.0464. The summed E-state index contributed by atoms with van der Waals surface area (Å²) < 4.78 is 11.4. The Morgan fingerprint density at radius 1 is 1.21 bits per heavy atom. The molecule has 0 unspecified atom stereocenters. The molecule has 2 rings (SSSR count). The second kappa shape index (κ2) is 11.4. The minimum atomic E-state index is -0.515. The SMILES string of the molecule is C=C(C)CN(C)Cc1ccc(OC[C@H](O)CN2CCN(CC)CC2)c(OC)c1. The Morgan fingerprint density at radius 3 is 2.50 bits per heavy atom. The first kappa shape index (κ1) is 22.7. The quantitative estimate of drug-likeness (QED) is 0.583. The maximum Gasteiger partial charge on any atom is 0.161 e. The molecule has 1 atom stereocenters. The summed E-state index contributed by atoms with van der Waals surface area (Å²) >= 11 is 0. The third-order valence-corrected chi connectivity index (χ3v) is 5.03. The van der Waals surface area contributed by atoms with Crippen LogP contribution in [0.2, 0.25) is 0 Å². The molecule has 0 radical (unpaired) electrons. The van der Waals surface area contributed by atoms with Crippen molar-refractivity contribution in [2.75, 3.05) is 66.6 Å². The molecular formula is C22H37N3O3. The molecule has 1 aliphatic heterocycles. The second-order valence-corrected chi connectivity index (χ2v) is 7.81. The largest absolute Gasteiger partial charge is 0.493 e. The molecule has 6 heteroatoms. The number of aliphatic hydroxyl groups excluding tert-OH is 1. The van der Waals surface area contributed by atoms with E-state index in [4.69, 9.17) is 9.47 Å². The zero-order valence-electron chi connectivity index (χ0n) is 18.0. The van der Waals surface area contributed by atoms with Crippen LogP contribution in [0.1, 0.15) is 19.4 Å². The van der Waals surface area contributed by atoms with E-state index in [1.165, 1.54) is 0 Å². The van der Waals surface area contributed by atoms with Gasteiger partial charge in [-0.15, -0.1) is 0 Å². The zero-order valence-corrected chi connectivity index (χ0v) is 18.0. The summed E-state index contributed by atoms with van der Waals surface area (Å²) in [5, 5.41) is 10.4. The van der Waals surface area contributed by atoms with E-state index >= 15 is 0 Å². The molecule has 0 amide bonds. The van der Waals surface area contributed by atoms with Crippen LogP contribution in [-0.2, 0) is 6.54 Å². The van der Waals surface area contributed by atoms with Crippen LogP contribution in [0.15, 0.2) is 30.4 Å². The van der Waals surface area contributed by atoms with Gasteiger partial charge in [0, 0.05) is 45.8 Å². The molecule has 6 nitrogen and oxygen atoms in total. The lowest BCUT2D eigenvalue weighted by Gasteiger charge is -2.34. The summed E-state index contributed by atoms with van der Waals surface area (Å²) in [6, 6.07) is 5.97. The molecule has 0 aromatic heterocycles. The van der Waals surface area contributed by atoms with E-state index < -0.39 is 6.10 Å². The molecule has 1 aliphatic rings. The first-order valence-corrected chi connectivity index (χ1v) is 10.2. The molecule has 0 spiro atoms. The van der Waals surface area contributed by atoms with Crippen LogP contribution in [0.3, 0.4) is 0 Å². The second-order valence-electron chi connectivity index (χ2n) is 7.81. The first-order chi connectivity index (χ1) is 13.4. The molecule has 1 N–H and O–H groups in total. The maximum atomic E-state index is 10.4. The third-order valence-electron chi connectivity index (χ3n) is 5.03. The highest BCUT2D eigenvalue weighted by Gasteiger charge is 2.19. The summed E-state index contributed by atoms with van der Waals surface area (Å²) in [7, 11) is 3.72. The zero-order chi connectivity index (χ0) is 20.5. The van der Waals surface area contributed by atoms with Gasteiger partial charge in [0.15, 0.2) is 11.5 Å². The number of β-amino-alcohol motifs (C(OH)–C–C–N with tert-alkyl or cyclic N) is 1. The monoisotopic (exact) mass is 391 g/mol. The highest BCUT2D eigenvalue weighted by atomic mass is 16.5. The molecular weight excluding hydrogens is 354 g/mol. The van der Waals surface area contributed by atoms with Gasteiger partial charge in [0.2, 0.25) is 0 Å². The third kappa shape index (κ3) is 7.43. The van der Waals surface area contributed by atoms with Crippen molar-refractivity contribution in [3.05, 3.63) is 35.9 Å². The summed E-state index contributed by atoms with van der Waals surface area (Å²) in [5.74, 6) is 1.37. The van der Waals surface area contributed by atoms with Crippen LogP contribution < -0.4 is 9.47 Å². The molecule has 0 aliphatic carbocycles. The fourth-order valence-corrected chi connectivity index (χ4v) is 3.58. The maximum absolute atomic E-state index is 10.4. The lowest BCUT2D eigenvalue weighted by atomic mass is 10.2. The lowest BCUT2D eigenvalue weighted by Crippen LogP contribution is -2.49. The van der Waals surface area contributed by atoms with E-state index in [9.17, 15) is 5.11 Å². The van der Waals surface area contributed by atoms with Gasteiger partial charge in [0.05, 0.1) is 7.11 Å². The van der Waals surface area contributed by atoms with Gasteiger partial charge in [-0.3, -0.25) is 9.80 Å². The summed E-state index contributed by atoms with van der Waals surface area (Å²) in [4.78, 5) is 6.94. The van der Waals surface area contributed by atoms with Gasteiger partial charge in [0.1, 0.15) is 12.7 Å². The number of rotatable bonds is 11. The minimum Gasteiger partial charge on any atom is -0.493 e. The Morgan fingerprint density at radius 2 is 1.89 bits per heavy atom. The van der Waals surface area contributed by atoms with E-state index in [1.54, 1.807) is 7.11 Å². The van der Waals surface area contributed by atoms with Crippen LogP contribution in [-0.4, -0.2) is 92.5 Å². The fraction of sp³-hybridized carbons (Fsp3) is 0.636. The van der Waals surface area contributed by atoms with Crippen LogP contribution in [0.4, 0.5) is 0 Å². The van der Waals surface area contributed by atoms with E-state index in [0.717, 1.165) is 56.9 Å². The number of hydrogen-bond donors (Lipinski definition) is 1. The van der Waals surface area contributed by atoms with Gasteiger partial charge in [0.25, 0.3) is 0 Å². The summed E-state index contributed by atoms with van der Waals surface area (Å²) in [6.07, 6.45) is -0.515. The molecule has 1 saturated heterocycles. The number of ether oxygens (including phenoxy) is 2. The molecule has 0 bridgehead atoms.